The van der Waals surface area contributed by atoms with Gasteiger partial charge < -0.3 is 5.73 Å². The Morgan fingerprint density at radius 2 is 1.57 bits per heavy atom. The SMILES string of the molecule is CC.CC(C)c1ccc(C(N)=O)cc1. The lowest BCUT2D eigenvalue weighted by Crippen LogP contribution is -2.10. The second-order valence-corrected chi connectivity index (χ2v) is 3.14. The maximum Gasteiger partial charge on any atom is 0.248 e. The normalized spacial score (nSPS) is 9.21. The lowest BCUT2D eigenvalue weighted by molar-refractivity contribution is 0.100. The topological polar surface area (TPSA) is 43.1 Å². The first-order valence-electron chi connectivity index (χ1n) is 5.01. The van der Waals surface area contributed by atoms with Crippen LogP contribution in [0, 0.1) is 0 Å². The number of benzene rings is 1. The molecule has 78 valence electrons. The van der Waals surface area contributed by atoms with Crippen molar-refractivity contribution in [1.29, 1.82) is 0 Å². The predicted molar refractivity (Wildman–Crippen MR) is 60.4 cm³/mol. The third-order valence-electron chi connectivity index (χ3n) is 1.86. The van der Waals surface area contributed by atoms with Crippen molar-refractivity contribution in [1.82, 2.24) is 0 Å². The molecule has 1 rings (SSSR count). The van der Waals surface area contributed by atoms with Crippen LogP contribution in [0.4, 0.5) is 0 Å². The number of rotatable bonds is 2. The van der Waals surface area contributed by atoms with Gasteiger partial charge in [0.1, 0.15) is 0 Å². The van der Waals surface area contributed by atoms with E-state index < -0.39 is 0 Å². The average molecular weight is 193 g/mol. The van der Waals surface area contributed by atoms with Crippen LogP contribution in [0.2, 0.25) is 0 Å². The van der Waals surface area contributed by atoms with E-state index in [-0.39, 0.29) is 5.91 Å². The summed E-state index contributed by atoms with van der Waals surface area (Å²) in [6, 6.07) is 7.39. The summed E-state index contributed by atoms with van der Waals surface area (Å²) in [5.41, 5.74) is 6.89. The van der Waals surface area contributed by atoms with Crippen LogP contribution in [0.5, 0.6) is 0 Å². The van der Waals surface area contributed by atoms with Gasteiger partial charge in [-0.3, -0.25) is 4.79 Å². The second kappa shape index (κ2) is 6.19. The van der Waals surface area contributed by atoms with Crippen LogP contribution in [0.25, 0.3) is 0 Å². The fourth-order valence-electron chi connectivity index (χ4n) is 1.03. The van der Waals surface area contributed by atoms with E-state index >= 15 is 0 Å². The van der Waals surface area contributed by atoms with Crippen molar-refractivity contribution in [3.63, 3.8) is 0 Å². The van der Waals surface area contributed by atoms with Crippen LogP contribution in [0.1, 0.15) is 49.5 Å². The fourth-order valence-corrected chi connectivity index (χ4v) is 1.03. The molecule has 14 heavy (non-hydrogen) atoms. The summed E-state index contributed by atoms with van der Waals surface area (Å²) < 4.78 is 0. The molecule has 2 N–H and O–H groups in total. The molecule has 2 nitrogen and oxygen atoms in total. The zero-order valence-corrected chi connectivity index (χ0v) is 9.37. The van der Waals surface area contributed by atoms with E-state index in [2.05, 4.69) is 13.8 Å². The number of carbonyl (C=O) groups is 1. The minimum absolute atomic E-state index is 0.370. The van der Waals surface area contributed by atoms with E-state index in [0.717, 1.165) is 0 Å². The summed E-state index contributed by atoms with van der Waals surface area (Å²) in [4.78, 5) is 10.7. The molecule has 2 heteroatoms. The zero-order chi connectivity index (χ0) is 11.1. The standard InChI is InChI=1S/C10H13NO.C2H6/c1-7(2)8-3-5-9(6-4-8)10(11)12;1-2/h3-7H,1-2H3,(H2,11,12);1-2H3. The lowest BCUT2D eigenvalue weighted by atomic mass is 10.0. The molecule has 0 saturated heterocycles. The smallest absolute Gasteiger partial charge is 0.248 e. The van der Waals surface area contributed by atoms with Crippen LogP contribution in [0.3, 0.4) is 0 Å². The maximum atomic E-state index is 10.7. The molecule has 0 heterocycles. The number of carbonyl (C=O) groups excluding carboxylic acids is 1. The molecule has 0 bridgehead atoms. The van der Waals surface area contributed by atoms with Gasteiger partial charge in [-0.05, 0) is 23.6 Å². The molecule has 0 aromatic heterocycles. The second-order valence-electron chi connectivity index (χ2n) is 3.14. The summed E-state index contributed by atoms with van der Waals surface area (Å²) in [5.74, 6) is 0.122. The Hall–Kier alpha value is -1.31. The molecule has 0 fully saturated rings. The highest BCUT2D eigenvalue weighted by molar-refractivity contribution is 5.92. The van der Waals surface area contributed by atoms with Gasteiger partial charge in [0.15, 0.2) is 0 Å². The van der Waals surface area contributed by atoms with Gasteiger partial charge in [0.25, 0.3) is 0 Å². The molecule has 0 unspecified atom stereocenters. The van der Waals surface area contributed by atoms with Crippen LogP contribution in [-0.4, -0.2) is 5.91 Å². The van der Waals surface area contributed by atoms with E-state index in [4.69, 9.17) is 5.73 Å². The van der Waals surface area contributed by atoms with Crippen molar-refractivity contribution in [3.05, 3.63) is 35.4 Å². The molecule has 0 saturated carbocycles. The third-order valence-corrected chi connectivity index (χ3v) is 1.86. The van der Waals surface area contributed by atoms with Crippen molar-refractivity contribution in [2.75, 3.05) is 0 Å². The summed E-state index contributed by atoms with van der Waals surface area (Å²) in [7, 11) is 0. The number of primary amides is 1. The fraction of sp³-hybridized carbons (Fsp3) is 0.417. The van der Waals surface area contributed by atoms with Gasteiger partial charge in [-0.15, -0.1) is 0 Å². The van der Waals surface area contributed by atoms with Crippen LogP contribution < -0.4 is 5.73 Å². The third kappa shape index (κ3) is 3.60. The van der Waals surface area contributed by atoms with Gasteiger partial charge in [0, 0.05) is 5.56 Å². The number of amides is 1. The first-order chi connectivity index (χ1) is 6.61. The molecule has 1 amide bonds. The minimum atomic E-state index is -0.370. The summed E-state index contributed by atoms with van der Waals surface area (Å²) >= 11 is 0. The van der Waals surface area contributed by atoms with Crippen molar-refractivity contribution in [2.24, 2.45) is 5.73 Å². The molecule has 0 atom stereocenters. The van der Waals surface area contributed by atoms with Gasteiger partial charge >= 0.3 is 0 Å². The van der Waals surface area contributed by atoms with Gasteiger partial charge in [-0.2, -0.15) is 0 Å². The van der Waals surface area contributed by atoms with Gasteiger partial charge in [0.05, 0.1) is 0 Å². The Kier molecular flexibility index (Phi) is 5.61. The molecule has 0 radical (unpaired) electrons. The monoisotopic (exact) mass is 193 g/mol. The highest BCUT2D eigenvalue weighted by Gasteiger charge is 2.01. The quantitative estimate of drug-likeness (QED) is 0.771. The number of hydrogen-bond donors (Lipinski definition) is 1. The largest absolute Gasteiger partial charge is 0.366 e. The Labute approximate surface area is 86.1 Å². The van der Waals surface area contributed by atoms with E-state index in [1.165, 1.54) is 5.56 Å². The summed E-state index contributed by atoms with van der Waals surface area (Å²) in [6.07, 6.45) is 0. The van der Waals surface area contributed by atoms with Crippen molar-refractivity contribution >= 4 is 5.91 Å². The molecule has 0 aliphatic carbocycles. The van der Waals surface area contributed by atoms with Crippen LogP contribution in [-0.2, 0) is 0 Å². The van der Waals surface area contributed by atoms with E-state index in [1.807, 2.05) is 26.0 Å². The van der Waals surface area contributed by atoms with Gasteiger partial charge in [-0.1, -0.05) is 39.8 Å². The maximum absolute atomic E-state index is 10.7. The summed E-state index contributed by atoms with van der Waals surface area (Å²) in [6.45, 7) is 8.22. The van der Waals surface area contributed by atoms with Crippen molar-refractivity contribution in [2.45, 2.75) is 33.6 Å². The molecule has 0 aliphatic rings. The first kappa shape index (κ1) is 12.7. The Balaban J connectivity index is 0.000000791. The van der Waals surface area contributed by atoms with E-state index in [1.54, 1.807) is 12.1 Å². The Morgan fingerprint density at radius 3 is 1.86 bits per heavy atom. The molecular weight excluding hydrogens is 174 g/mol. The molecule has 1 aromatic carbocycles. The molecule has 0 aliphatic heterocycles. The van der Waals surface area contributed by atoms with Crippen molar-refractivity contribution < 1.29 is 4.79 Å². The van der Waals surface area contributed by atoms with Crippen LogP contribution >= 0.6 is 0 Å². The van der Waals surface area contributed by atoms with Gasteiger partial charge in [-0.25, -0.2) is 0 Å². The minimum Gasteiger partial charge on any atom is -0.366 e. The highest BCUT2D eigenvalue weighted by Crippen LogP contribution is 2.14. The number of hydrogen-bond acceptors (Lipinski definition) is 1. The van der Waals surface area contributed by atoms with E-state index in [9.17, 15) is 4.79 Å². The van der Waals surface area contributed by atoms with E-state index in [0.29, 0.717) is 11.5 Å². The predicted octanol–water partition coefficient (Wildman–Crippen LogP) is 2.94. The average Bonchev–Trinajstić information content (AvgIpc) is 2.21. The van der Waals surface area contributed by atoms with Crippen molar-refractivity contribution in [3.8, 4) is 0 Å². The first-order valence-corrected chi connectivity index (χ1v) is 5.01. The van der Waals surface area contributed by atoms with Crippen LogP contribution in [0.15, 0.2) is 24.3 Å². The molecule has 1 aromatic rings. The zero-order valence-electron chi connectivity index (χ0n) is 9.37. The molecular formula is C12H19NO. The lowest BCUT2D eigenvalue weighted by Gasteiger charge is -2.04. The summed E-state index contributed by atoms with van der Waals surface area (Å²) in [5, 5.41) is 0. The van der Waals surface area contributed by atoms with Gasteiger partial charge in [0.2, 0.25) is 5.91 Å². The highest BCUT2D eigenvalue weighted by atomic mass is 16.1. The Morgan fingerprint density at radius 1 is 1.14 bits per heavy atom. The Bertz CT molecular complexity index is 275. The number of nitrogens with two attached hydrogens (primary N) is 1. The molecule has 0 spiro atoms.